The molecule has 0 spiro atoms. The maximum atomic E-state index is 2.50. The van der Waals surface area contributed by atoms with Gasteiger partial charge in [0.15, 0.2) is 0 Å². The van der Waals surface area contributed by atoms with Crippen molar-refractivity contribution in [3.05, 3.63) is 0 Å². The van der Waals surface area contributed by atoms with Gasteiger partial charge in [-0.15, -0.1) is 0 Å². The number of hydrogen-bond acceptors (Lipinski definition) is 0. The summed E-state index contributed by atoms with van der Waals surface area (Å²) in [5.41, 5.74) is 0. The molecule has 0 bridgehead atoms. The van der Waals surface area contributed by atoms with Crippen molar-refractivity contribution in [3.63, 3.8) is 0 Å². The lowest BCUT2D eigenvalue weighted by atomic mass is 9.84. The lowest BCUT2D eigenvalue weighted by Crippen LogP contribution is -2.11. The molecule has 5 unspecified atom stereocenters. The highest BCUT2D eigenvalue weighted by Crippen LogP contribution is 2.49. The van der Waals surface area contributed by atoms with Crippen molar-refractivity contribution in [2.45, 2.75) is 92.4 Å². The van der Waals surface area contributed by atoms with Gasteiger partial charge >= 0.3 is 0 Å². The average molecular weight is 267 g/mol. The highest BCUT2D eigenvalue weighted by atomic mass is 14.4. The second-order valence-corrected chi connectivity index (χ2v) is 7.29. The molecule has 0 amide bonds. The van der Waals surface area contributed by atoms with Crippen LogP contribution in [-0.2, 0) is 0 Å². The molecule has 1 aliphatic rings. The largest absolute Gasteiger partial charge is 0.0654 e. The van der Waals surface area contributed by atoms with Crippen LogP contribution in [0.15, 0.2) is 0 Å². The average Bonchev–Trinajstić information content (AvgIpc) is 3.16. The van der Waals surface area contributed by atoms with Crippen LogP contribution >= 0.6 is 0 Å². The van der Waals surface area contributed by atoms with E-state index in [1.807, 2.05) is 0 Å². The van der Waals surface area contributed by atoms with Crippen molar-refractivity contribution in [3.8, 4) is 0 Å². The molecule has 0 aromatic rings. The fourth-order valence-corrected chi connectivity index (χ4v) is 4.05. The first-order chi connectivity index (χ1) is 9.13. The van der Waals surface area contributed by atoms with Gasteiger partial charge in [0.05, 0.1) is 0 Å². The van der Waals surface area contributed by atoms with Gasteiger partial charge in [0.2, 0.25) is 0 Å². The van der Waals surface area contributed by atoms with E-state index in [0.717, 1.165) is 29.6 Å². The monoisotopic (exact) mass is 266 g/mol. The lowest BCUT2D eigenvalue weighted by Gasteiger charge is -2.22. The molecule has 114 valence electrons. The number of unbranched alkanes of at least 4 members (excludes halogenated alkanes) is 1. The maximum Gasteiger partial charge on any atom is -0.0357 e. The first-order valence-electron chi connectivity index (χ1n) is 9.13. The Labute approximate surface area is 122 Å². The normalized spacial score (nSPS) is 27.0. The Hall–Kier alpha value is 0. The molecule has 0 saturated heterocycles. The van der Waals surface area contributed by atoms with Crippen LogP contribution in [-0.4, -0.2) is 0 Å². The zero-order valence-electron chi connectivity index (χ0n) is 14.3. The van der Waals surface area contributed by atoms with Crippen LogP contribution in [0.4, 0.5) is 0 Å². The second kappa shape index (κ2) is 9.03. The molecule has 1 aliphatic carbocycles. The zero-order chi connectivity index (χ0) is 14.3. The van der Waals surface area contributed by atoms with E-state index in [-0.39, 0.29) is 0 Å². The van der Waals surface area contributed by atoms with Gasteiger partial charge in [0, 0.05) is 0 Å². The van der Waals surface area contributed by atoms with Crippen LogP contribution in [0.1, 0.15) is 92.4 Å². The Morgan fingerprint density at radius 2 is 1.68 bits per heavy atom. The van der Waals surface area contributed by atoms with Gasteiger partial charge in [-0.05, 0) is 48.9 Å². The molecule has 5 atom stereocenters. The molecule has 1 fully saturated rings. The Kier molecular flexibility index (Phi) is 8.11. The van der Waals surface area contributed by atoms with Gasteiger partial charge < -0.3 is 0 Å². The zero-order valence-corrected chi connectivity index (χ0v) is 14.3. The molecule has 0 heteroatoms. The minimum atomic E-state index is 0.949. The highest BCUT2D eigenvalue weighted by Gasteiger charge is 2.40. The Morgan fingerprint density at radius 3 is 2.26 bits per heavy atom. The van der Waals surface area contributed by atoms with Gasteiger partial charge in [0.25, 0.3) is 0 Å². The summed E-state index contributed by atoms with van der Waals surface area (Å²) in [7, 11) is 0. The van der Waals surface area contributed by atoms with Crippen molar-refractivity contribution < 1.29 is 0 Å². The first kappa shape index (κ1) is 17.1. The van der Waals surface area contributed by atoms with E-state index < -0.39 is 0 Å². The standard InChI is InChI=1S/C19H38/c1-6-9-11-16(5)19-14-18(19)13-12-17(8-3)15(4)10-7-2/h15-19H,6-14H2,1-5H3. The molecule has 0 N–H and O–H groups in total. The molecule has 0 heterocycles. The van der Waals surface area contributed by atoms with Crippen molar-refractivity contribution in [1.29, 1.82) is 0 Å². The Morgan fingerprint density at radius 1 is 0.947 bits per heavy atom. The van der Waals surface area contributed by atoms with Crippen LogP contribution in [0, 0.1) is 29.6 Å². The van der Waals surface area contributed by atoms with E-state index in [1.54, 1.807) is 6.42 Å². The lowest BCUT2D eigenvalue weighted by molar-refractivity contribution is 0.289. The third kappa shape index (κ3) is 5.88. The minimum Gasteiger partial charge on any atom is -0.0654 e. The summed E-state index contributed by atoms with van der Waals surface area (Å²) in [5.74, 6) is 5.12. The summed E-state index contributed by atoms with van der Waals surface area (Å²) in [4.78, 5) is 0. The highest BCUT2D eigenvalue weighted by molar-refractivity contribution is 4.90. The Balaban J connectivity index is 2.19. The molecule has 0 aromatic carbocycles. The molecule has 19 heavy (non-hydrogen) atoms. The summed E-state index contributed by atoms with van der Waals surface area (Å²) in [6.45, 7) is 12.0. The fraction of sp³-hybridized carbons (Fsp3) is 1.00. The molecular weight excluding hydrogens is 228 g/mol. The molecule has 1 saturated carbocycles. The second-order valence-electron chi connectivity index (χ2n) is 7.29. The van der Waals surface area contributed by atoms with Crippen LogP contribution in [0.25, 0.3) is 0 Å². The fourth-order valence-electron chi connectivity index (χ4n) is 4.05. The van der Waals surface area contributed by atoms with Gasteiger partial charge in [0.1, 0.15) is 0 Å². The quantitative estimate of drug-likeness (QED) is 0.391. The van der Waals surface area contributed by atoms with Crippen LogP contribution in [0.3, 0.4) is 0 Å². The van der Waals surface area contributed by atoms with Gasteiger partial charge in [-0.3, -0.25) is 0 Å². The van der Waals surface area contributed by atoms with Gasteiger partial charge in [-0.2, -0.15) is 0 Å². The SMILES string of the molecule is CCCCC(C)C1CC1CCC(CC)C(C)CCC. The van der Waals surface area contributed by atoms with Crippen molar-refractivity contribution in [2.75, 3.05) is 0 Å². The topological polar surface area (TPSA) is 0 Å². The minimum absolute atomic E-state index is 0.949. The first-order valence-corrected chi connectivity index (χ1v) is 9.13. The van der Waals surface area contributed by atoms with Gasteiger partial charge in [-0.25, -0.2) is 0 Å². The summed E-state index contributed by atoms with van der Waals surface area (Å²) < 4.78 is 0. The van der Waals surface area contributed by atoms with E-state index in [2.05, 4.69) is 34.6 Å². The predicted octanol–water partition coefficient (Wildman–Crippen LogP) is 6.69. The maximum absolute atomic E-state index is 2.50. The molecule has 0 nitrogen and oxygen atoms in total. The summed E-state index contributed by atoms with van der Waals surface area (Å²) in [5, 5.41) is 0. The molecule has 0 aromatic heterocycles. The molecule has 0 aliphatic heterocycles. The van der Waals surface area contributed by atoms with E-state index in [4.69, 9.17) is 0 Å². The van der Waals surface area contributed by atoms with Gasteiger partial charge in [-0.1, -0.05) is 73.1 Å². The van der Waals surface area contributed by atoms with E-state index in [1.165, 1.54) is 51.4 Å². The van der Waals surface area contributed by atoms with E-state index >= 15 is 0 Å². The summed E-state index contributed by atoms with van der Waals surface area (Å²) in [6, 6.07) is 0. The third-order valence-electron chi connectivity index (χ3n) is 5.70. The predicted molar refractivity (Wildman–Crippen MR) is 87.4 cm³/mol. The van der Waals surface area contributed by atoms with Crippen molar-refractivity contribution in [2.24, 2.45) is 29.6 Å². The smallest absolute Gasteiger partial charge is 0.0357 e. The van der Waals surface area contributed by atoms with E-state index in [9.17, 15) is 0 Å². The van der Waals surface area contributed by atoms with Crippen molar-refractivity contribution >= 4 is 0 Å². The molecule has 1 rings (SSSR count). The number of rotatable bonds is 11. The number of hydrogen-bond donors (Lipinski definition) is 0. The van der Waals surface area contributed by atoms with Crippen LogP contribution in [0.5, 0.6) is 0 Å². The summed E-state index contributed by atoms with van der Waals surface area (Å²) in [6.07, 6.45) is 13.0. The van der Waals surface area contributed by atoms with E-state index in [0.29, 0.717) is 0 Å². The van der Waals surface area contributed by atoms with Crippen molar-refractivity contribution in [1.82, 2.24) is 0 Å². The summed E-state index contributed by atoms with van der Waals surface area (Å²) >= 11 is 0. The molecular formula is C19H38. The molecule has 0 radical (unpaired) electrons. The Bertz CT molecular complexity index is 220. The third-order valence-corrected chi connectivity index (χ3v) is 5.70. The van der Waals surface area contributed by atoms with Crippen LogP contribution in [0.2, 0.25) is 0 Å². The van der Waals surface area contributed by atoms with Crippen LogP contribution < -0.4 is 0 Å².